The van der Waals surface area contributed by atoms with Gasteiger partial charge in [0.25, 0.3) is 0 Å². The van der Waals surface area contributed by atoms with E-state index in [9.17, 15) is 9.18 Å². The molecule has 0 aliphatic carbocycles. The van der Waals surface area contributed by atoms with Gasteiger partial charge in [-0.05, 0) is 49.4 Å². The normalized spacial score (nSPS) is 20.6. The van der Waals surface area contributed by atoms with Crippen LogP contribution < -0.4 is 5.32 Å². The summed E-state index contributed by atoms with van der Waals surface area (Å²) in [6.45, 7) is 2.68. The second kappa shape index (κ2) is 4.64. The molecule has 1 atom stereocenters. The lowest BCUT2D eigenvalue weighted by Gasteiger charge is -2.22. The van der Waals surface area contributed by atoms with Crippen molar-refractivity contribution in [2.45, 2.75) is 26.2 Å². The van der Waals surface area contributed by atoms with Crippen molar-refractivity contribution in [3.8, 4) is 0 Å². The van der Waals surface area contributed by atoms with Gasteiger partial charge in [-0.1, -0.05) is 6.07 Å². The van der Waals surface area contributed by atoms with Crippen molar-refractivity contribution >= 4 is 5.91 Å². The van der Waals surface area contributed by atoms with Crippen LogP contribution in [0.4, 0.5) is 4.39 Å². The number of halogens is 1. The Morgan fingerprint density at radius 3 is 3.00 bits per heavy atom. The van der Waals surface area contributed by atoms with Gasteiger partial charge in [0, 0.05) is 12.5 Å². The summed E-state index contributed by atoms with van der Waals surface area (Å²) in [5.41, 5.74) is 2.00. The summed E-state index contributed by atoms with van der Waals surface area (Å²) in [6, 6.07) is 4.77. The molecule has 1 amide bonds. The molecule has 1 saturated heterocycles. The van der Waals surface area contributed by atoms with Crippen molar-refractivity contribution in [3.63, 3.8) is 0 Å². The SMILES string of the molecule is Cc1cc(F)ccc1CC1CCCNC1=O. The number of hydrogen-bond acceptors (Lipinski definition) is 1. The van der Waals surface area contributed by atoms with Crippen LogP contribution in [-0.2, 0) is 11.2 Å². The van der Waals surface area contributed by atoms with Crippen LogP contribution in [0.3, 0.4) is 0 Å². The molecule has 3 heteroatoms. The van der Waals surface area contributed by atoms with Crippen LogP contribution in [0.1, 0.15) is 24.0 Å². The van der Waals surface area contributed by atoms with Gasteiger partial charge in [0.1, 0.15) is 5.82 Å². The second-order valence-corrected chi connectivity index (χ2v) is 4.41. The van der Waals surface area contributed by atoms with E-state index in [2.05, 4.69) is 5.32 Å². The Bertz CT molecular complexity index is 403. The van der Waals surface area contributed by atoms with E-state index in [4.69, 9.17) is 0 Å². The maximum absolute atomic E-state index is 12.9. The fraction of sp³-hybridized carbons (Fsp3) is 0.462. The van der Waals surface area contributed by atoms with Crippen molar-refractivity contribution < 1.29 is 9.18 Å². The van der Waals surface area contributed by atoms with Gasteiger partial charge in [0.15, 0.2) is 0 Å². The molecule has 1 aliphatic rings. The Morgan fingerprint density at radius 2 is 2.31 bits per heavy atom. The number of hydrogen-bond donors (Lipinski definition) is 1. The lowest BCUT2D eigenvalue weighted by Crippen LogP contribution is -2.37. The highest BCUT2D eigenvalue weighted by atomic mass is 19.1. The maximum Gasteiger partial charge on any atom is 0.223 e. The third kappa shape index (κ3) is 2.40. The lowest BCUT2D eigenvalue weighted by molar-refractivity contribution is -0.126. The minimum atomic E-state index is -0.214. The molecule has 2 nitrogen and oxygen atoms in total. The van der Waals surface area contributed by atoms with E-state index < -0.39 is 0 Å². The zero-order valence-electron chi connectivity index (χ0n) is 9.42. The third-order valence-electron chi connectivity index (χ3n) is 3.17. The molecule has 1 N–H and O–H groups in total. The van der Waals surface area contributed by atoms with E-state index in [0.717, 1.165) is 36.9 Å². The molecule has 86 valence electrons. The van der Waals surface area contributed by atoms with Crippen LogP contribution in [0.2, 0.25) is 0 Å². The molecule has 16 heavy (non-hydrogen) atoms. The van der Waals surface area contributed by atoms with Crippen LogP contribution in [0.5, 0.6) is 0 Å². The lowest BCUT2D eigenvalue weighted by atomic mass is 9.90. The number of benzene rings is 1. The Morgan fingerprint density at radius 1 is 1.50 bits per heavy atom. The van der Waals surface area contributed by atoms with Gasteiger partial charge < -0.3 is 5.32 Å². The minimum Gasteiger partial charge on any atom is -0.356 e. The first kappa shape index (κ1) is 11.1. The van der Waals surface area contributed by atoms with Crippen molar-refractivity contribution in [1.29, 1.82) is 0 Å². The smallest absolute Gasteiger partial charge is 0.223 e. The highest BCUT2D eigenvalue weighted by Gasteiger charge is 2.22. The third-order valence-corrected chi connectivity index (χ3v) is 3.17. The first-order chi connectivity index (χ1) is 7.66. The molecule has 1 aliphatic heterocycles. The molecule has 1 heterocycles. The highest BCUT2D eigenvalue weighted by molar-refractivity contribution is 5.79. The highest BCUT2D eigenvalue weighted by Crippen LogP contribution is 2.20. The number of carbonyl (C=O) groups excluding carboxylic acids is 1. The van der Waals surface area contributed by atoms with E-state index >= 15 is 0 Å². The molecule has 1 unspecified atom stereocenters. The van der Waals surface area contributed by atoms with Gasteiger partial charge >= 0.3 is 0 Å². The number of aryl methyl sites for hydroxylation is 1. The first-order valence-electron chi connectivity index (χ1n) is 5.69. The zero-order valence-corrected chi connectivity index (χ0v) is 9.42. The summed E-state index contributed by atoms with van der Waals surface area (Å²) in [7, 11) is 0. The summed E-state index contributed by atoms with van der Waals surface area (Å²) in [6.07, 6.45) is 2.69. The molecule has 0 aromatic heterocycles. The van der Waals surface area contributed by atoms with Crippen LogP contribution in [0.15, 0.2) is 18.2 Å². The molecule has 0 radical (unpaired) electrons. The maximum atomic E-state index is 12.9. The fourth-order valence-corrected chi connectivity index (χ4v) is 2.18. The topological polar surface area (TPSA) is 29.1 Å². The molecule has 0 spiro atoms. The van der Waals surface area contributed by atoms with E-state index in [0.29, 0.717) is 0 Å². The van der Waals surface area contributed by atoms with Gasteiger partial charge in [0.2, 0.25) is 5.91 Å². The number of piperidine rings is 1. The Kier molecular flexibility index (Phi) is 3.22. The summed E-state index contributed by atoms with van der Waals surface area (Å²) < 4.78 is 12.9. The predicted octanol–water partition coefficient (Wildman–Crippen LogP) is 2.20. The fourth-order valence-electron chi connectivity index (χ4n) is 2.18. The monoisotopic (exact) mass is 221 g/mol. The molecule has 0 bridgehead atoms. The number of carbonyl (C=O) groups is 1. The van der Waals surface area contributed by atoms with Crippen molar-refractivity contribution in [2.75, 3.05) is 6.54 Å². The van der Waals surface area contributed by atoms with Gasteiger partial charge in [-0.2, -0.15) is 0 Å². The molecule has 1 aromatic rings. The molecule has 0 saturated carbocycles. The molecular weight excluding hydrogens is 205 g/mol. The van der Waals surface area contributed by atoms with E-state index in [-0.39, 0.29) is 17.6 Å². The summed E-state index contributed by atoms with van der Waals surface area (Å²) in [5.74, 6) is -0.0257. The van der Waals surface area contributed by atoms with Crippen molar-refractivity contribution in [2.24, 2.45) is 5.92 Å². The zero-order chi connectivity index (χ0) is 11.5. The van der Waals surface area contributed by atoms with Gasteiger partial charge in [-0.15, -0.1) is 0 Å². The van der Waals surface area contributed by atoms with E-state index in [1.807, 2.05) is 6.92 Å². The molecular formula is C13H16FNO. The Hall–Kier alpha value is -1.38. The Balaban J connectivity index is 2.10. The average Bonchev–Trinajstić information content (AvgIpc) is 2.25. The molecule has 1 aromatic carbocycles. The van der Waals surface area contributed by atoms with Gasteiger partial charge in [-0.3, -0.25) is 4.79 Å². The van der Waals surface area contributed by atoms with Crippen molar-refractivity contribution in [1.82, 2.24) is 5.32 Å². The predicted molar refractivity (Wildman–Crippen MR) is 60.6 cm³/mol. The van der Waals surface area contributed by atoms with E-state index in [1.54, 1.807) is 6.07 Å². The second-order valence-electron chi connectivity index (χ2n) is 4.41. The largest absolute Gasteiger partial charge is 0.356 e. The quantitative estimate of drug-likeness (QED) is 0.815. The standard InChI is InChI=1S/C13H16FNO/c1-9-7-12(14)5-4-10(9)8-11-3-2-6-15-13(11)16/h4-5,7,11H,2-3,6,8H2,1H3,(H,15,16). The molecule has 1 fully saturated rings. The van der Waals surface area contributed by atoms with Crippen molar-refractivity contribution in [3.05, 3.63) is 35.1 Å². The van der Waals surface area contributed by atoms with Gasteiger partial charge in [0.05, 0.1) is 0 Å². The number of rotatable bonds is 2. The summed E-state index contributed by atoms with van der Waals surface area (Å²) >= 11 is 0. The van der Waals surface area contributed by atoms with Crippen LogP contribution in [-0.4, -0.2) is 12.5 Å². The molecule has 2 rings (SSSR count). The summed E-state index contributed by atoms with van der Waals surface area (Å²) in [4.78, 5) is 11.6. The average molecular weight is 221 g/mol. The van der Waals surface area contributed by atoms with Crippen LogP contribution in [0, 0.1) is 18.7 Å². The van der Waals surface area contributed by atoms with Crippen LogP contribution in [0.25, 0.3) is 0 Å². The Labute approximate surface area is 94.9 Å². The van der Waals surface area contributed by atoms with Gasteiger partial charge in [-0.25, -0.2) is 4.39 Å². The van der Waals surface area contributed by atoms with Crippen LogP contribution >= 0.6 is 0 Å². The minimum absolute atomic E-state index is 0.0536. The van der Waals surface area contributed by atoms with E-state index in [1.165, 1.54) is 12.1 Å². The number of amides is 1. The summed E-state index contributed by atoms with van der Waals surface area (Å²) in [5, 5.41) is 2.87. The first-order valence-corrected chi connectivity index (χ1v) is 5.69. The number of nitrogens with one attached hydrogen (secondary N) is 1.